The van der Waals surface area contributed by atoms with Gasteiger partial charge in [0.25, 0.3) is 5.91 Å². The van der Waals surface area contributed by atoms with E-state index < -0.39 is 16.1 Å². The smallest absolute Gasteiger partial charge is 0.255 e. The molecule has 2 amide bonds. The van der Waals surface area contributed by atoms with Crippen molar-refractivity contribution in [2.45, 2.75) is 43.7 Å². The second-order valence-electron chi connectivity index (χ2n) is 8.44. The molecule has 2 aliphatic rings. The predicted octanol–water partition coefficient (Wildman–Crippen LogP) is 3.00. The molecule has 0 spiro atoms. The number of benzene rings is 2. The first kappa shape index (κ1) is 23.8. The summed E-state index contributed by atoms with van der Waals surface area (Å²) in [5.41, 5.74) is 1.89. The van der Waals surface area contributed by atoms with Crippen molar-refractivity contribution in [1.82, 2.24) is 14.5 Å². The summed E-state index contributed by atoms with van der Waals surface area (Å²) in [6.45, 7) is 3.15. The third-order valence-corrected chi connectivity index (χ3v) is 9.18. The Hall–Kier alpha value is -2.36. The Bertz CT molecular complexity index is 1120. The minimum absolute atomic E-state index is 0.173. The topological polar surface area (TPSA) is 86.8 Å². The number of hydrogen-bond donors (Lipinski definition) is 1. The molecule has 0 aromatic heterocycles. The van der Waals surface area contributed by atoms with Gasteiger partial charge in [-0.1, -0.05) is 42.8 Å². The van der Waals surface area contributed by atoms with Crippen LogP contribution in [0.4, 0.5) is 0 Å². The van der Waals surface area contributed by atoms with Crippen LogP contribution in [0, 0.1) is 6.92 Å². The zero-order chi connectivity index (χ0) is 23.4. The van der Waals surface area contributed by atoms with Gasteiger partial charge in [-0.3, -0.25) is 9.59 Å². The van der Waals surface area contributed by atoms with Crippen LogP contribution in [0.15, 0.2) is 53.4 Å². The average molecular weight is 488 g/mol. The lowest BCUT2D eigenvalue weighted by Crippen LogP contribution is -2.47. The molecule has 2 fully saturated rings. The van der Waals surface area contributed by atoms with Crippen LogP contribution in [0.5, 0.6) is 0 Å². The Balaban J connectivity index is 1.51. The monoisotopic (exact) mass is 487 g/mol. The summed E-state index contributed by atoms with van der Waals surface area (Å²) < 4.78 is 28.0. The highest BCUT2D eigenvalue weighted by Crippen LogP contribution is 2.27. The van der Waals surface area contributed by atoms with Gasteiger partial charge in [-0.2, -0.15) is 4.31 Å². The molecule has 9 heteroatoms. The second-order valence-corrected chi connectivity index (χ2v) is 11.3. The van der Waals surface area contributed by atoms with E-state index >= 15 is 0 Å². The van der Waals surface area contributed by atoms with Gasteiger partial charge >= 0.3 is 0 Å². The van der Waals surface area contributed by atoms with Crippen molar-refractivity contribution in [2.75, 3.05) is 24.7 Å². The first-order valence-corrected chi connectivity index (χ1v) is 13.8. The fourth-order valence-electron chi connectivity index (χ4n) is 4.18. The van der Waals surface area contributed by atoms with Gasteiger partial charge in [0.15, 0.2) is 0 Å². The van der Waals surface area contributed by atoms with E-state index in [0.29, 0.717) is 42.4 Å². The number of amides is 2. The molecule has 2 aromatic rings. The number of carbonyl (C=O) groups is 2. The predicted molar refractivity (Wildman–Crippen MR) is 129 cm³/mol. The lowest BCUT2D eigenvalue weighted by molar-refractivity contribution is -0.124. The summed E-state index contributed by atoms with van der Waals surface area (Å²) in [5.74, 6) is 0.377. The van der Waals surface area contributed by atoms with Crippen LogP contribution in [-0.4, -0.2) is 60.2 Å². The standard InChI is InChI=1S/C24H29N3O4S2/c1-18-10-11-20(14-22(18)33(30,31)26-12-6-3-7-13-26)24(29)27-17-32-16-21(27)23(28)25-15-19-8-4-2-5-9-19/h2,4-5,8-11,14,21H,3,6-7,12-13,15-17H2,1H3,(H,25,28). The van der Waals surface area contributed by atoms with Gasteiger partial charge in [0.1, 0.15) is 6.04 Å². The highest BCUT2D eigenvalue weighted by Gasteiger charge is 2.36. The van der Waals surface area contributed by atoms with Crippen LogP contribution >= 0.6 is 11.8 Å². The Morgan fingerprint density at radius 1 is 1.06 bits per heavy atom. The minimum atomic E-state index is -3.66. The Labute approximate surface area is 199 Å². The molecule has 0 bridgehead atoms. The molecule has 1 N–H and O–H groups in total. The number of rotatable bonds is 6. The lowest BCUT2D eigenvalue weighted by Gasteiger charge is -2.27. The number of nitrogens with one attached hydrogen (secondary N) is 1. The fraction of sp³-hybridized carbons (Fsp3) is 0.417. The molecule has 33 heavy (non-hydrogen) atoms. The van der Waals surface area contributed by atoms with Crippen molar-refractivity contribution in [3.63, 3.8) is 0 Å². The van der Waals surface area contributed by atoms with Crippen molar-refractivity contribution < 1.29 is 18.0 Å². The third kappa shape index (κ3) is 5.26. The molecule has 0 radical (unpaired) electrons. The molecule has 2 heterocycles. The van der Waals surface area contributed by atoms with E-state index in [0.717, 1.165) is 24.8 Å². The van der Waals surface area contributed by atoms with Gasteiger partial charge in [-0.05, 0) is 43.0 Å². The number of nitrogens with zero attached hydrogens (tertiary/aromatic N) is 2. The molecule has 4 rings (SSSR count). The fourth-order valence-corrected chi connectivity index (χ4v) is 7.11. The summed E-state index contributed by atoms with van der Waals surface area (Å²) in [4.78, 5) is 27.9. The quantitative estimate of drug-likeness (QED) is 0.677. The van der Waals surface area contributed by atoms with Crippen molar-refractivity contribution in [3.05, 3.63) is 65.2 Å². The molecule has 2 aliphatic heterocycles. The van der Waals surface area contributed by atoms with E-state index in [1.165, 1.54) is 27.0 Å². The van der Waals surface area contributed by atoms with E-state index in [-0.39, 0.29) is 16.7 Å². The maximum Gasteiger partial charge on any atom is 0.255 e. The van der Waals surface area contributed by atoms with Gasteiger partial charge in [0.2, 0.25) is 15.9 Å². The van der Waals surface area contributed by atoms with Crippen LogP contribution in [-0.2, 0) is 21.4 Å². The zero-order valence-corrected chi connectivity index (χ0v) is 20.3. The van der Waals surface area contributed by atoms with Crippen molar-refractivity contribution in [3.8, 4) is 0 Å². The van der Waals surface area contributed by atoms with E-state index in [9.17, 15) is 18.0 Å². The van der Waals surface area contributed by atoms with Crippen LogP contribution in [0.25, 0.3) is 0 Å². The van der Waals surface area contributed by atoms with Crippen molar-refractivity contribution in [1.29, 1.82) is 0 Å². The molecule has 2 saturated heterocycles. The second kappa shape index (κ2) is 10.3. The summed E-state index contributed by atoms with van der Waals surface area (Å²) in [5, 5.41) is 2.92. The first-order chi connectivity index (χ1) is 15.9. The Kier molecular flexibility index (Phi) is 7.41. The van der Waals surface area contributed by atoms with Gasteiger partial charge in [0.05, 0.1) is 10.8 Å². The van der Waals surface area contributed by atoms with E-state index in [1.807, 2.05) is 30.3 Å². The number of hydrogen-bond acceptors (Lipinski definition) is 5. The van der Waals surface area contributed by atoms with Crippen molar-refractivity contribution in [2.24, 2.45) is 0 Å². The highest BCUT2D eigenvalue weighted by molar-refractivity contribution is 7.99. The van der Waals surface area contributed by atoms with E-state index in [2.05, 4.69) is 5.32 Å². The van der Waals surface area contributed by atoms with E-state index in [4.69, 9.17) is 0 Å². The van der Waals surface area contributed by atoms with Gasteiger partial charge in [-0.15, -0.1) is 11.8 Å². The largest absolute Gasteiger partial charge is 0.350 e. The summed E-state index contributed by atoms with van der Waals surface area (Å²) >= 11 is 1.52. The normalized spacial score (nSPS) is 19.4. The number of thioether (sulfide) groups is 1. The van der Waals surface area contributed by atoms with Crippen LogP contribution in [0.2, 0.25) is 0 Å². The minimum Gasteiger partial charge on any atom is -0.350 e. The zero-order valence-electron chi connectivity index (χ0n) is 18.7. The van der Waals surface area contributed by atoms with E-state index in [1.54, 1.807) is 19.1 Å². The number of aryl methyl sites for hydroxylation is 1. The van der Waals surface area contributed by atoms with Crippen LogP contribution in [0.3, 0.4) is 0 Å². The molecular formula is C24H29N3O4S2. The number of piperidine rings is 1. The molecule has 0 aliphatic carbocycles. The molecule has 176 valence electrons. The third-order valence-electron chi connectivity index (χ3n) is 6.12. The molecule has 1 atom stereocenters. The maximum atomic E-state index is 13.3. The molecule has 2 aromatic carbocycles. The highest BCUT2D eigenvalue weighted by atomic mass is 32.2. The van der Waals surface area contributed by atoms with Crippen LogP contribution < -0.4 is 5.32 Å². The average Bonchev–Trinajstić information content (AvgIpc) is 3.33. The van der Waals surface area contributed by atoms with Gasteiger partial charge < -0.3 is 10.2 Å². The maximum absolute atomic E-state index is 13.3. The Morgan fingerprint density at radius 3 is 2.52 bits per heavy atom. The number of carbonyl (C=O) groups excluding carboxylic acids is 2. The Morgan fingerprint density at radius 2 is 1.79 bits per heavy atom. The number of sulfonamides is 1. The summed E-state index contributed by atoms with van der Waals surface area (Å²) in [6.07, 6.45) is 2.73. The summed E-state index contributed by atoms with van der Waals surface area (Å²) in [6, 6.07) is 13.8. The molecule has 1 unspecified atom stereocenters. The first-order valence-electron chi connectivity index (χ1n) is 11.2. The molecular weight excluding hydrogens is 458 g/mol. The van der Waals surface area contributed by atoms with Gasteiger partial charge in [-0.25, -0.2) is 8.42 Å². The molecule has 0 saturated carbocycles. The SMILES string of the molecule is Cc1ccc(C(=O)N2CSCC2C(=O)NCc2ccccc2)cc1S(=O)(=O)N1CCCCC1. The van der Waals surface area contributed by atoms with Crippen molar-refractivity contribution >= 4 is 33.6 Å². The van der Waals surface area contributed by atoms with Crippen LogP contribution in [0.1, 0.15) is 40.7 Å². The van der Waals surface area contributed by atoms with Gasteiger partial charge in [0, 0.05) is 31.0 Å². The summed E-state index contributed by atoms with van der Waals surface area (Å²) in [7, 11) is -3.66. The molecule has 7 nitrogen and oxygen atoms in total. The lowest BCUT2D eigenvalue weighted by atomic mass is 10.1.